The van der Waals surface area contributed by atoms with Crippen molar-refractivity contribution >= 4 is 11.9 Å². The van der Waals surface area contributed by atoms with Crippen LogP contribution in [0.2, 0.25) is 0 Å². The molecule has 0 N–H and O–H groups in total. The number of amides is 1. The van der Waals surface area contributed by atoms with Crippen LogP contribution in [0.15, 0.2) is 12.7 Å². The summed E-state index contributed by atoms with van der Waals surface area (Å²) in [6.45, 7) is 8.17. The predicted molar refractivity (Wildman–Crippen MR) is 67.6 cm³/mol. The van der Waals surface area contributed by atoms with E-state index in [1.165, 1.54) is 4.90 Å². The lowest BCUT2D eigenvalue weighted by Crippen LogP contribution is -2.36. The van der Waals surface area contributed by atoms with Crippen molar-refractivity contribution in [2.45, 2.75) is 39.5 Å². The van der Waals surface area contributed by atoms with Gasteiger partial charge in [0.1, 0.15) is 6.54 Å². The molecule has 0 radical (unpaired) electrons. The number of unbranched alkanes of at least 4 members (excludes halogenated alkanes) is 2. The van der Waals surface area contributed by atoms with E-state index >= 15 is 0 Å². The highest BCUT2D eigenvalue weighted by atomic mass is 16.5. The molecule has 0 aliphatic carbocycles. The Morgan fingerprint density at radius 3 is 2.53 bits per heavy atom. The van der Waals surface area contributed by atoms with Gasteiger partial charge in [-0.15, -0.1) is 6.58 Å². The topological polar surface area (TPSA) is 46.6 Å². The Morgan fingerprint density at radius 1 is 1.29 bits per heavy atom. The van der Waals surface area contributed by atoms with Gasteiger partial charge >= 0.3 is 5.97 Å². The summed E-state index contributed by atoms with van der Waals surface area (Å²) in [4.78, 5) is 24.6. The fraction of sp³-hybridized carbons (Fsp3) is 0.692. The second-order valence-electron chi connectivity index (χ2n) is 3.83. The number of hydrogen-bond donors (Lipinski definition) is 0. The van der Waals surface area contributed by atoms with Crippen molar-refractivity contribution < 1.29 is 14.3 Å². The molecule has 0 spiro atoms. The van der Waals surface area contributed by atoms with E-state index in [-0.39, 0.29) is 18.4 Å². The Morgan fingerprint density at radius 2 is 2.00 bits per heavy atom. The maximum absolute atomic E-state index is 11.8. The second-order valence-corrected chi connectivity index (χ2v) is 3.83. The van der Waals surface area contributed by atoms with Crippen LogP contribution < -0.4 is 0 Å². The molecule has 4 nitrogen and oxygen atoms in total. The minimum Gasteiger partial charge on any atom is -0.465 e. The summed E-state index contributed by atoms with van der Waals surface area (Å²) in [5.74, 6) is -0.371. The van der Waals surface area contributed by atoms with Gasteiger partial charge < -0.3 is 9.64 Å². The third-order valence-corrected chi connectivity index (χ3v) is 2.32. The van der Waals surface area contributed by atoms with Gasteiger partial charge in [0.15, 0.2) is 0 Å². The summed E-state index contributed by atoms with van der Waals surface area (Å²) in [6, 6.07) is 0. The maximum atomic E-state index is 11.8. The number of carbonyl (C=O) groups excluding carboxylic acids is 2. The number of carbonyl (C=O) groups is 2. The zero-order chi connectivity index (χ0) is 13.1. The normalized spacial score (nSPS) is 9.76. The first kappa shape index (κ1) is 15.7. The largest absolute Gasteiger partial charge is 0.465 e. The fourth-order valence-corrected chi connectivity index (χ4v) is 1.46. The van der Waals surface area contributed by atoms with E-state index < -0.39 is 0 Å². The molecule has 0 aliphatic rings. The van der Waals surface area contributed by atoms with Crippen LogP contribution >= 0.6 is 0 Å². The summed E-state index contributed by atoms with van der Waals surface area (Å²) in [6.07, 6.45) is 5.09. The first-order valence-corrected chi connectivity index (χ1v) is 6.19. The van der Waals surface area contributed by atoms with Gasteiger partial charge in [0.25, 0.3) is 0 Å². The Kier molecular flexibility index (Phi) is 9.11. The minimum absolute atomic E-state index is 0.00796. The van der Waals surface area contributed by atoms with Crippen LogP contribution in [0.4, 0.5) is 0 Å². The SMILES string of the molecule is C=CCN(CC(=O)OCC)C(=O)CCCCC. The first-order chi connectivity index (χ1) is 8.15. The van der Waals surface area contributed by atoms with Gasteiger partial charge in [0.05, 0.1) is 6.61 Å². The number of rotatable bonds is 9. The molecule has 0 aromatic heterocycles. The molecule has 17 heavy (non-hydrogen) atoms. The van der Waals surface area contributed by atoms with Gasteiger partial charge in [-0.1, -0.05) is 25.8 Å². The molecule has 0 atom stereocenters. The van der Waals surface area contributed by atoms with Gasteiger partial charge in [0.2, 0.25) is 5.91 Å². The van der Waals surface area contributed by atoms with Crippen LogP contribution in [0, 0.1) is 0 Å². The molecule has 0 aliphatic heterocycles. The highest BCUT2D eigenvalue weighted by Crippen LogP contribution is 2.03. The van der Waals surface area contributed by atoms with E-state index in [0.29, 0.717) is 19.6 Å². The standard InChI is InChI=1S/C13H23NO3/c1-4-7-8-9-12(15)14(10-5-2)11-13(16)17-6-3/h5H,2,4,6-11H2,1,3H3. The van der Waals surface area contributed by atoms with E-state index in [0.717, 1.165) is 19.3 Å². The number of hydrogen-bond acceptors (Lipinski definition) is 3. The monoisotopic (exact) mass is 241 g/mol. The van der Waals surface area contributed by atoms with Crippen molar-refractivity contribution in [1.29, 1.82) is 0 Å². The van der Waals surface area contributed by atoms with Crippen LogP contribution in [0.5, 0.6) is 0 Å². The van der Waals surface area contributed by atoms with E-state index in [9.17, 15) is 9.59 Å². The summed E-state index contributed by atoms with van der Waals surface area (Å²) in [5.41, 5.74) is 0. The van der Waals surface area contributed by atoms with E-state index in [1.54, 1.807) is 13.0 Å². The third-order valence-electron chi connectivity index (χ3n) is 2.32. The average Bonchev–Trinajstić information content (AvgIpc) is 2.29. The summed E-state index contributed by atoms with van der Waals surface area (Å²) >= 11 is 0. The maximum Gasteiger partial charge on any atom is 0.325 e. The molecule has 0 saturated heterocycles. The molecule has 0 bridgehead atoms. The number of esters is 1. The Bertz CT molecular complexity index is 251. The van der Waals surface area contributed by atoms with Crippen molar-refractivity contribution in [3.63, 3.8) is 0 Å². The van der Waals surface area contributed by atoms with Crippen molar-refractivity contribution in [2.24, 2.45) is 0 Å². The average molecular weight is 241 g/mol. The van der Waals surface area contributed by atoms with Crippen LogP contribution in [0.1, 0.15) is 39.5 Å². The van der Waals surface area contributed by atoms with Gasteiger partial charge in [-0.05, 0) is 13.3 Å². The Labute approximate surface area is 104 Å². The fourth-order valence-electron chi connectivity index (χ4n) is 1.46. The first-order valence-electron chi connectivity index (χ1n) is 6.19. The lowest BCUT2D eigenvalue weighted by molar-refractivity contribution is -0.148. The molecular formula is C13H23NO3. The number of nitrogens with zero attached hydrogens (tertiary/aromatic N) is 1. The van der Waals surface area contributed by atoms with Gasteiger partial charge in [0, 0.05) is 13.0 Å². The molecular weight excluding hydrogens is 218 g/mol. The Hall–Kier alpha value is -1.32. The van der Waals surface area contributed by atoms with Crippen molar-refractivity contribution in [3.8, 4) is 0 Å². The van der Waals surface area contributed by atoms with Crippen LogP contribution in [-0.2, 0) is 14.3 Å². The van der Waals surface area contributed by atoms with Crippen molar-refractivity contribution in [1.82, 2.24) is 4.90 Å². The van der Waals surface area contributed by atoms with Gasteiger partial charge in [-0.25, -0.2) is 0 Å². The lowest BCUT2D eigenvalue weighted by Gasteiger charge is -2.19. The molecule has 0 rings (SSSR count). The highest BCUT2D eigenvalue weighted by molar-refractivity contribution is 5.82. The summed E-state index contributed by atoms with van der Waals surface area (Å²) in [5, 5.41) is 0. The van der Waals surface area contributed by atoms with E-state index in [4.69, 9.17) is 4.74 Å². The smallest absolute Gasteiger partial charge is 0.325 e. The lowest BCUT2D eigenvalue weighted by atomic mass is 10.2. The molecule has 0 heterocycles. The molecule has 0 saturated carbocycles. The van der Waals surface area contributed by atoms with Gasteiger partial charge in [-0.2, -0.15) is 0 Å². The van der Waals surface area contributed by atoms with E-state index in [2.05, 4.69) is 13.5 Å². The van der Waals surface area contributed by atoms with Crippen molar-refractivity contribution in [2.75, 3.05) is 19.7 Å². The minimum atomic E-state index is -0.363. The second kappa shape index (κ2) is 9.87. The Balaban J connectivity index is 4.15. The molecule has 4 heteroatoms. The zero-order valence-corrected chi connectivity index (χ0v) is 10.9. The van der Waals surface area contributed by atoms with Crippen LogP contribution in [0.25, 0.3) is 0 Å². The molecule has 0 aromatic rings. The number of ether oxygens (including phenoxy) is 1. The summed E-state index contributed by atoms with van der Waals surface area (Å²) in [7, 11) is 0. The van der Waals surface area contributed by atoms with Crippen LogP contribution in [-0.4, -0.2) is 36.5 Å². The highest BCUT2D eigenvalue weighted by Gasteiger charge is 2.15. The molecule has 1 amide bonds. The predicted octanol–water partition coefficient (Wildman–Crippen LogP) is 2.14. The molecule has 0 fully saturated rings. The van der Waals surface area contributed by atoms with Crippen LogP contribution in [0.3, 0.4) is 0 Å². The van der Waals surface area contributed by atoms with E-state index in [1.807, 2.05) is 0 Å². The molecule has 0 unspecified atom stereocenters. The molecule has 98 valence electrons. The summed E-state index contributed by atoms with van der Waals surface area (Å²) < 4.78 is 4.83. The molecule has 0 aromatic carbocycles. The zero-order valence-electron chi connectivity index (χ0n) is 10.9. The quantitative estimate of drug-likeness (QED) is 0.353. The van der Waals surface area contributed by atoms with Gasteiger partial charge in [-0.3, -0.25) is 9.59 Å². The van der Waals surface area contributed by atoms with Crippen molar-refractivity contribution in [3.05, 3.63) is 12.7 Å². The third kappa shape index (κ3) is 7.55.